The second-order valence-electron chi connectivity index (χ2n) is 4.76. The third-order valence-corrected chi connectivity index (χ3v) is 3.39. The van der Waals surface area contributed by atoms with Crippen molar-refractivity contribution in [3.63, 3.8) is 0 Å². The molecule has 0 amide bonds. The fourth-order valence-electron chi connectivity index (χ4n) is 2.29. The van der Waals surface area contributed by atoms with E-state index in [-0.39, 0.29) is 0 Å². The lowest BCUT2D eigenvalue weighted by Crippen LogP contribution is -2.20. The van der Waals surface area contributed by atoms with Crippen LogP contribution in [0.25, 0.3) is 0 Å². The minimum atomic E-state index is 0.853. The van der Waals surface area contributed by atoms with Crippen LogP contribution in [0.4, 0.5) is 5.69 Å². The van der Waals surface area contributed by atoms with Gasteiger partial charge in [-0.05, 0) is 43.0 Å². The summed E-state index contributed by atoms with van der Waals surface area (Å²) in [5.74, 6) is 0.853. The second kappa shape index (κ2) is 4.23. The van der Waals surface area contributed by atoms with Crippen molar-refractivity contribution >= 4 is 5.69 Å². The molecule has 1 aliphatic rings. The van der Waals surface area contributed by atoms with Gasteiger partial charge in [0.1, 0.15) is 0 Å². The van der Waals surface area contributed by atoms with Crippen molar-refractivity contribution in [2.24, 2.45) is 5.92 Å². The van der Waals surface area contributed by atoms with Crippen molar-refractivity contribution in [1.82, 2.24) is 4.90 Å². The van der Waals surface area contributed by atoms with Crippen LogP contribution in [0, 0.1) is 12.8 Å². The van der Waals surface area contributed by atoms with Crippen molar-refractivity contribution < 1.29 is 0 Å². The zero-order valence-corrected chi connectivity index (χ0v) is 9.66. The van der Waals surface area contributed by atoms with E-state index in [2.05, 4.69) is 30.9 Å². The summed E-state index contributed by atoms with van der Waals surface area (Å²) in [7, 11) is 0. The topological polar surface area (TPSA) is 29.3 Å². The van der Waals surface area contributed by atoms with Gasteiger partial charge in [-0.2, -0.15) is 0 Å². The molecule has 15 heavy (non-hydrogen) atoms. The zero-order chi connectivity index (χ0) is 10.8. The van der Waals surface area contributed by atoms with E-state index in [0.29, 0.717) is 0 Å². The molecule has 0 spiro atoms. The number of hydrogen-bond donors (Lipinski definition) is 1. The molecule has 2 heteroatoms. The fraction of sp³-hybridized carbons (Fsp3) is 0.538. The Morgan fingerprint density at radius 1 is 1.47 bits per heavy atom. The Bertz CT molecular complexity index is 346. The Hall–Kier alpha value is -1.02. The number of nitrogens with zero attached hydrogens (tertiary/aromatic N) is 1. The Labute approximate surface area is 92.1 Å². The Morgan fingerprint density at radius 2 is 2.27 bits per heavy atom. The molecule has 2 rings (SSSR count). The zero-order valence-electron chi connectivity index (χ0n) is 9.66. The summed E-state index contributed by atoms with van der Waals surface area (Å²) < 4.78 is 0. The lowest BCUT2D eigenvalue weighted by molar-refractivity contribution is 0.320. The van der Waals surface area contributed by atoms with Gasteiger partial charge in [-0.25, -0.2) is 0 Å². The van der Waals surface area contributed by atoms with Gasteiger partial charge < -0.3 is 5.73 Å². The van der Waals surface area contributed by atoms with Crippen molar-refractivity contribution in [2.45, 2.75) is 26.8 Å². The Balaban J connectivity index is 2.07. The molecule has 82 valence electrons. The van der Waals surface area contributed by atoms with Gasteiger partial charge in [-0.1, -0.05) is 19.1 Å². The highest BCUT2D eigenvalue weighted by molar-refractivity contribution is 5.49. The summed E-state index contributed by atoms with van der Waals surface area (Å²) in [4.78, 5) is 2.52. The molecule has 0 aliphatic carbocycles. The quantitative estimate of drug-likeness (QED) is 0.750. The van der Waals surface area contributed by atoms with Crippen LogP contribution in [0.15, 0.2) is 18.2 Å². The average molecular weight is 204 g/mol. The molecule has 2 N–H and O–H groups in total. The smallest absolute Gasteiger partial charge is 0.0346 e. The van der Waals surface area contributed by atoms with E-state index in [1.54, 1.807) is 0 Å². The molecule has 1 saturated heterocycles. The van der Waals surface area contributed by atoms with Crippen molar-refractivity contribution in [3.8, 4) is 0 Å². The van der Waals surface area contributed by atoms with Crippen LogP contribution in [0.1, 0.15) is 24.5 Å². The summed E-state index contributed by atoms with van der Waals surface area (Å²) in [6.45, 7) is 7.96. The summed E-state index contributed by atoms with van der Waals surface area (Å²) in [6, 6.07) is 6.22. The van der Waals surface area contributed by atoms with Crippen molar-refractivity contribution in [2.75, 3.05) is 18.8 Å². The first-order valence-electron chi connectivity index (χ1n) is 5.73. The van der Waals surface area contributed by atoms with Gasteiger partial charge in [-0.15, -0.1) is 0 Å². The van der Waals surface area contributed by atoms with Gasteiger partial charge >= 0.3 is 0 Å². The molecular weight excluding hydrogens is 184 g/mol. The molecule has 1 heterocycles. The number of benzene rings is 1. The third kappa shape index (κ3) is 2.32. The molecule has 1 atom stereocenters. The SMILES string of the molecule is Cc1c(N)cccc1CN1CCC(C)C1. The summed E-state index contributed by atoms with van der Waals surface area (Å²) in [5.41, 5.74) is 9.45. The van der Waals surface area contributed by atoms with Crippen LogP contribution >= 0.6 is 0 Å². The van der Waals surface area contributed by atoms with Crippen LogP contribution in [0.5, 0.6) is 0 Å². The number of anilines is 1. The van der Waals surface area contributed by atoms with Gasteiger partial charge in [0.25, 0.3) is 0 Å². The Morgan fingerprint density at radius 3 is 2.93 bits per heavy atom. The van der Waals surface area contributed by atoms with E-state index in [1.165, 1.54) is 30.6 Å². The normalized spacial score (nSPS) is 22.1. The lowest BCUT2D eigenvalue weighted by Gasteiger charge is -2.17. The largest absolute Gasteiger partial charge is 0.399 e. The highest BCUT2D eigenvalue weighted by Crippen LogP contribution is 2.21. The predicted octanol–water partition coefficient (Wildman–Crippen LogP) is 2.42. The van der Waals surface area contributed by atoms with Crippen molar-refractivity contribution in [1.29, 1.82) is 0 Å². The maximum Gasteiger partial charge on any atom is 0.0346 e. The van der Waals surface area contributed by atoms with E-state index in [4.69, 9.17) is 5.73 Å². The highest BCUT2D eigenvalue weighted by atomic mass is 15.1. The van der Waals surface area contributed by atoms with Crippen LogP contribution in [-0.2, 0) is 6.54 Å². The van der Waals surface area contributed by atoms with Crippen LogP contribution in [-0.4, -0.2) is 18.0 Å². The molecular formula is C13H20N2. The predicted molar refractivity (Wildman–Crippen MR) is 64.6 cm³/mol. The monoisotopic (exact) mass is 204 g/mol. The van der Waals surface area contributed by atoms with E-state index < -0.39 is 0 Å². The number of likely N-dealkylation sites (tertiary alicyclic amines) is 1. The molecule has 1 aliphatic heterocycles. The van der Waals surface area contributed by atoms with Gasteiger partial charge in [0, 0.05) is 18.8 Å². The van der Waals surface area contributed by atoms with Crippen molar-refractivity contribution in [3.05, 3.63) is 29.3 Å². The molecule has 0 aromatic heterocycles. The number of hydrogen-bond acceptors (Lipinski definition) is 2. The molecule has 0 bridgehead atoms. The van der Waals surface area contributed by atoms with Gasteiger partial charge in [0.05, 0.1) is 0 Å². The average Bonchev–Trinajstić information content (AvgIpc) is 2.59. The second-order valence-corrected chi connectivity index (χ2v) is 4.76. The summed E-state index contributed by atoms with van der Waals surface area (Å²) in [5, 5.41) is 0. The standard InChI is InChI=1S/C13H20N2/c1-10-6-7-15(8-10)9-12-4-3-5-13(14)11(12)2/h3-5,10H,6-9,14H2,1-2H3. The first kappa shape index (κ1) is 10.5. The summed E-state index contributed by atoms with van der Waals surface area (Å²) >= 11 is 0. The van der Waals surface area contributed by atoms with Gasteiger partial charge in [0.2, 0.25) is 0 Å². The van der Waals surface area contributed by atoms with E-state index >= 15 is 0 Å². The minimum Gasteiger partial charge on any atom is -0.399 e. The van der Waals surface area contributed by atoms with E-state index in [9.17, 15) is 0 Å². The lowest BCUT2D eigenvalue weighted by atomic mass is 10.1. The maximum absolute atomic E-state index is 5.90. The molecule has 1 aromatic carbocycles. The van der Waals surface area contributed by atoms with Gasteiger partial charge in [0.15, 0.2) is 0 Å². The molecule has 0 saturated carbocycles. The van der Waals surface area contributed by atoms with E-state index in [1.807, 2.05) is 6.07 Å². The van der Waals surface area contributed by atoms with Crippen LogP contribution in [0.2, 0.25) is 0 Å². The van der Waals surface area contributed by atoms with Crippen LogP contribution in [0.3, 0.4) is 0 Å². The van der Waals surface area contributed by atoms with Gasteiger partial charge in [-0.3, -0.25) is 4.90 Å². The summed E-state index contributed by atoms with van der Waals surface area (Å²) in [6.07, 6.45) is 1.33. The highest BCUT2D eigenvalue weighted by Gasteiger charge is 2.18. The molecule has 1 fully saturated rings. The molecule has 0 radical (unpaired) electrons. The maximum atomic E-state index is 5.90. The number of nitrogens with two attached hydrogens (primary N) is 1. The molecule has 1 aromatic rings. The fourth-order valence-corrected chi connectivity index (χ4v) is 2.29. The number of nitrogen functional groups attached to an aromatic ring is 1. The third-order valence-electron chi connectivity index (χ3n) is 3.39. The Kier molecular flexibility index (Phi) is 2.96. The van der Waals surface area contributed by atoms with Crippen LogP contribution < -0.4 is 5.73 Å². The molecule has 2 nitrogen and oxygen atoms in total. The first-order chi connectivity index (χ1) is 7.16. The molecule has 1 unspecified atom stereocenters. The number of rotatable bonds is 2. The minimum absolute atomic E-state index is 0.853. The van der Waals surface area contributed by atoms with E-state index in [0.717, 1.165) is 18.2 Å². The first-order valence-corrected chi connectivity index (χ1v) is 5.73.